The lowest BCUT2D eigenvalue weighted by Gasteiger charge is -2.34. The minimum atomic E-state index is 0.0286. The first-order valence-electron chi connectivity index (χ1n) is 10.6. The molecule has 32 heavy (non-hydrogen) atoms. The van der Waals surface area contributed by atoms with Gasteiger partial charge in [0.1, 0.15) is 18.0 Å². The number of anilines is 1. The number of hydrogen-bond donors (Lipinski definition) is 0. The number of carbonyl (C=O) groups excluding carboxylic acids is 1. The Morgan fingerprint density at radius 2 is 1.72 bits per heavy atom. The summed E-state index contributed by atoms with van der Waals surface area (Å²) in [6.07, 6.45) is 7.48. The van der Waals surface area contributed by atoms with E-state index in [9.17, 15) is 4.79 Å². The van der Waals surface area contributed by atoms with Crippen LogP contribution in [0, 0.1) is 6.92 Å². The van der Waals surface area contributed by atoms with Crippen molar-refractivity contribution in [3.8, 4) is 5.75 Å². The molecule has 0 radical (unpaired) electrons. The van der Waals surface area contributed by atoms with E-state index < -0.39 is 0 Å². The molecule has 8 nitrogen and oxygen atoms in total. The van der Waals surface area contributed by atoms with Crippen molar-refractivity contribution >= 4 is 17.5 Å². The van der Waals surface area contributed by atoms with Crippen LogP contribution in [0.4, 0.5) is 5.95 Å². The normalized spacial score (nSPS) is 14.0. The lowest BCUT2D eigenvalue weighted by atomic mass is 10.1. The van der Waals surface area contributed by atoms with Crippen LogP contribution in [0.1, 0.15) is 21.6 Å². The molecular weight excluding hydrogens is 404 g/mol. The third kappa shape index (κ3) is 4.25. The number of rotatable bonds is 5. The predicted octanol–water partition coefficient (Wildman–Crippen LogP) is 2.97. The van der Waals surface area contributed by atoms with Crippen LogP contribution >= 0.6 is 0 Å². The van der Waals surface area contributed by atoms with Crippen LogP contribution in [0.25, 0.3) is 5.65 Å². The van der Waals surface area contributed by atoms with Gasteiger partial charge in [-0.2, -0.15) is 0 Å². The molecule has 162 valence electrons. The van der Waals surface area contributed by atoms with Crippen molar-refractivity contribution in [1.29, 1.82) is 0 Å². The average Bonchev–Trinajstić information content (AvgIpc) is 3.25. The predicted molar refractivity (Wildman–Crippen MR) is 121 cm³/mol. The highest BCUT2D eigenvalue weighted by Gasteiger charge is 2.23. The van der Waals surface area contributed by atoms with Gasteiger partial charge in [0.15, 0.2) is 0 Å². The number of ether oxygens (including phenoxy) is 1. The summed E-state index contributed by atoms with van der Waals surface area (Å²) in [4.78, 5) is 30.0. The SMILES string of the molecule is Cc1ccc2nc(COc3ccc(C(=O)N4CCN(c5ncccn5)CC4)cc3)cn2c1. The second-order valence-electron chi connectivity index (χ2n) is 7.85. The van der Waals surface area contributed by atoms with E-state index in [0.29, 0.717) is 37.0 Å². The fourth-order valence-corrected chi connectivity index (χ4v) is 3.82. The van der Waals surface area contributed by atoms with Crippen LogP contribution in [-0.4, -0.2) is 56.3 Å². The van der Waals surface area contributed by atoms with E-state index >= 15 is 0 Å². The summed E-state index contributed by atoms with van der Waals surface area (Å²) in [7, 11) is 0. The molecule has 0 atom stereocenters. The Kier molecular flexibility index (Phi) is 5.41. The summed E-state index contributed by atoms with van der Waals surface area (Å²) in [6, 6.07) is 13.1. The maximum Gasteiger partial charge on any atom is 0.253 e. The molecule has 4 heterocycles. The van der Waals surface area contributed by atoms with Crippen molar-refractivity contribution in [2.75, 3.05) is 31.1 Å². The standard InChI is InChI=1S/C24H24N6O2/c1-18-3-8-22-27-20(16-30(22)15-18)17-32-21-6-4-19(5-7-21)23(31)28-11-13-29(14-12-28)24-25-9-2-10-26-24/h2-10,15-16H,11-14,17H2,1H3. The highest BCUT2D eigenvalue weighted by Crippen LogP contribution is 2.17. The Hall–Kier alpha value is -3.94. The molecule has 1 fully saturated rings. The summed E-state index contributed by atoms with van der Waals surface area (Å²) in [6.45, 7) is 5.14. The van der Waals surface area contributed by atoms with Crippen molar-refractivity contribution < 1.29 is 9.53 Å². The Labute approximate surface area is 186 Å². The molecule has 1 aliphatic heterocycles. The molecule has 1 aromatic carbocycles. The van der Waals surface area contributed by atoms with E-state index in [1.54, 1.807) is 18.5 Å². The van der Waals surface area contributed by atoms with Gasteiger partial charge in [-0.25, -0.2) is 15.0 Å². The summed E-state index contributed by atoms with van der Waals surface area (Å²) in [5.74, 6) is 1.45. The van der Waals surface area contributed by atoms with Gasteiger partial charge in [0, 0.05) is 56.5 Å². The van der Waals surface area contributed by atoms with Gasteiger partial charge in [-0.1, -0.05) is 6.07 Å². The molecule has 0 unspecified atom stereocenters. The van der Waals surface area contributed by atoms with E-state index in [-0.39, 0.29) is 5.91 Å². The first kappa shape index (κ1) is 20.0. The number of piperazine rings is 1. The number of hydrogen-bond acceptors (Lipinski definition) is 6. The molecule has 0 spiro atoms. The number of aryl methyl sites for hydroxylation is 1. The molecule has 5 rings (SSSR count). The van der Waals surface area contributed by atoms with Crippen molar-refractivity contribution in [3.05, 3.63) is 84.1 Å². The van der Waals surface area contributed by atoms with E-state index in [4.69, 9.17) is 4.74 Å². The van der Waals surface area contributed by atoms with Crippen molar-refractivity contribution in [2.45, 2.75) is 13.5 Å². The molecule has 0 saturated carbocycles. The van der Waals surface area contributed by atoms with Crippen LogP contribution in [-0.2, 0) is 6.61 Å². The maximum absolute atomic E-state index is 12.9. The van der Waals surface area contributed by atoms with Crippen LogP contribution in [0.15, 0.2) is 67.3 Å². The minimum absolute atomic E-state index is 0.0286. The Morgan fingerprint density at radius 1 is 0.969 bits per heavy atom. The first-order chi connectivity index (χ1) is 15.7. The van der Waals surface area contributed by atoms with Crippen LogP contribution in [0.5, 0.6) is 5.75 Å². The second-order valence-corrected chi connectivity index (χ2v) is 7.85. The van der Waals surface area contributed by atoms with E-state index in [1.165, 1.54) is 5.56 Å². The Morgan fingerprint density at radius 3 is 2.47 bits per heavy atom. The summed E-state index contributed by atoms with van der Waals surface area (Å²) >= 11 is 0. The van der Waals surface area contributed by atoms with Crippen molar-refractivity contribution in [3.63, 3.8) is 0 Å². The summed E-state index contributed by atoms with van der Waals surface area (Å²) in [5, 5.41) is 0. The molecule has 0 N–H and O–H groups in total. The lowest BCUT2D eigenvalue weighted by Crippen LogP contribution is -2.49. The highest BCUT2D eigenvalue weighted by atomic mass is 16.5. The van der Waals surface area contributed by atoms with Crippen molar-refractivity contribution in [2.24, 2.45) is 0 Å². The zero-order valence-corrected chi connectivity index (χ0v) is 17.9. The van der Waals surface area contributed by atoms with Crippen LogP contribution < -0.4 is 9.64 Å². The third-order valence-corrected chi connectivity index (χ3v) is 5.54. The van der Waals surface area contributed by atoms with Crippen molar-refractivity contribution in [1.82, 2.24) is 24.3 Å². The molecular formula is C24H24N6O2. The fraction of sp³-hybridized carbons (Fsp3) is 0.250. The fourth-order valence-electron chi connectivity index (χ4n) is 3.82. The van der Waals surface area contributed by atoms with E-state index in [2.05, 4.69) is 26.8 Å². The van der Waals surface area contributed by atoms with Crippen LogP contribution in [0.3, 0.4) is 0 Å². The van der Waals surface area contributed by atoms with E-state index in [1.807, 2.05) is 58.1 Å². The van der Waals surface area contributed by atoms with Crippen LogP contribution in [0.2, 0.25) is 0 Å². The van der Waals surface area contributed by atoms with Gasteiger partial charge >= 0.3 is 0 Å². The molecule has 1 aliphatic rings. The zero-order valence-electron chi connectivity index (χ0n) is 17.9. The largest absolute Gasteiger partial charge is 0.487 e. The Bertz CT molecular complexity index is 1210. The van der Waals surface area contributed by atoms with Gasteiger partial charge in [0.2, 0.25) is 5.95 Å². The topological polar surface area (TPSA) is 75.9 Å². The number of pyridine rings is 1. The molecule has 1 amide bonds. The van der Waals surface area contributed by atoms with E-state index in [0.717, 1.165) is 24.4 Å². The van der Waals surface area contributed by atoms with Gasteiger partial charge in [-0.15, -0.1) is 0 Å². The minimum Gasteiger partial charge on any atom is -0.487 e. The second kappa shape index (κ2) is 8.66. The van der Waals surface area contributed by atoms with Gasteiger partial charge in [0.25, 0.3) is 5.91 Å². The number of nitrogens with zero attached hydrogens (tertiary/aromatic N) is 6. The number of amides is 1. The summed E-state index contributed by atoms with van der Waals surface area (Å²) in [5.41, 5.74) is 3.59. The molecule has 3 aromatic heterocycles. The third-order valence-electron chi connectivity index (χ3n) is 5.54. The van der Waals surface area contributed by atoms with Gasteiger partial charge in [0.05, 0.1) is 5.69 Å². The number of carbonyl (C=O) groups is 1. The maximum atomic E-state index is 12.9. The monoisotopic (exact) mass is 428 g/mol. The molecule has 8 heteroatoms. The van der Waals surface area contributed by atoms with Gasteiger partial charge < -0.3 is 18.9 Å². The summed E-state index contributed by atoms with van der Waals surface area (Å²) < 4.78 is 7.87. The smallest absolute Gasteiger partial charge is 0.253 e. The molecule has 0 bridgehead atoms. The number of benzene rings is 1. The number of fused-ring (bicyclic) bond motifs is 1. The van der Waals surface area contributed by atoms with Gasteiger partial charge in [-0.05, 0) is 48.9 Å². The average molecular weight is 428 g/mol. The quantitative estimate of drug-likeness (QED) is 0.487. The Balaban J connectivity index is 1.16. The molecule has 1 saturated heterocycles. The number of aromatic nitrogens is 4. The number of imidazole rings is 1. The molecule has 4 aromatic rings. The van der Waals surface area contributed by atoms with Gasteiger partial charge in [-0.3, -0.25) is 4.79 Å². The molecule has 0 aliphatic carbocycles. The highest BCUT2D eigenvalue weighted by molar-refractivity contribution is 5.94. The first-order valence-corrected chi connectivity index (χ1v) is 10.6. The lowest BCUT2D eigenvalue weighted by molar-refractivity contribution is 0.0746. The zero-order chi connectivity index (χ0) is 21.9.